The third-order valence-corrected chi connectivity index (χ3v) is 4.36. The van der Waals surface area contributed by atoms with Gasteiger partial charge in [0.1, 0.15) is 5.82 Å². The van der Waals surface area contributed by atoms with Gasteiger partial charge in [0.25, 0.3) is 0 Å². The fraction of sp³-hybridized carbons (Fsp3) is 0.786. The summed E-state index contributed by atoms with van der Waals surface area (Å²) in [6, 6.07) is 0.413. The molecule has 3 rings (SSSR count). The maximum Gasteiger partial charge on any atom is 0.127 e. The zero-order valence-electron chi connectivity index (χ0n) is 11.7. The number of imidazole rings is 1. The number of hydrogen-bond acceptors (Lipinski definition) is 4. The maximum absolute atomic E-state index is 5.47. The van der Waals surface area contributed by atoms with E-state index in [-0.39, 0.29) is 0 Å². The average molecular weight is 264 g/mol. The minimum Gasteiger partial charge on any atom is -0.381 e. The lowest BCUT2D eigenvalue weighted by atomic mass is 10.0. The van der Waals surface area contributed by atoms with Crippen LogP contribution in [-0.4, -0.2) is 53.8 Å². The van der Waals surface area contributed by atoms with Gasteiger partial charge in [0.05, 0.1) is 6.04 Å². The molecule has 2 fully saturated rings. The molecule has 2 unspecified atom stereocenters. The summed E-state index contributed by atoms with van der Waals surface area (Å²) in [5.74, 6) is 1.94. The number of ether oxygens (including phenoxy) is 1. The molecule has 5 heteroatoms. The Hall–Kier alpha value is -0.910. The van der Waals surface area contributed by atoms with E-state index in [4.69, 9.17) is 4.74 Å². The Morgan fingerprint density at radius 2 is 2.47 bits per heavy atom. The lowest BCUT2D eigenvalue weighted by Crippen LogP contribution is -2.47. The fourth-order valence-corrected chi connectivity index (χ4v) is 3.13. The van der Waals surface area contributed by atoms with Crippen LogP contribution in [0.5, 0.6) is 0 Å². The highest BCUT2D eigenvalue weighted by Crippen LogP contribution is 2.23. The summed E-state index contributed by atoms with van der Waals surface area (Å²) in [6.45, 7) is 6.28. The first kappa shape index (κ1) is 13.1. The lowest BCUT2D eigenvalue weighted by Gasteiger charge is -2.36. The number of nitrogens with zero attached hydrogens (tertiary/aromatic N) is 3. The van der Waals surface area contributed by atoms with Crippen LogP contribution in [0.4, 0.5) is 0 Å². The van der Waals surface area contributed by atoms with Crippen LogP contribution in [-0.2, 0) is 11.8 Å². The van der Waals surface area contributed by atoms with Crippen LogP contribution in [0.15, 0.2) is 12.4 Å². The predicted molar refractivity (Wildman–Crippen MR) is 73.9 cm³/mol. The Kier molecular flexibility index (Phi) is 4.15. The molecule has 0 aromatic carbocycles. The summed E-state index contributed by atoms with van der Waals surface area (Å²) in [4.78, 5) is 7.11. The highest BCUT2D eigenvalue weighted by molar-refractivity contribution is 5.02. The summed E-state index contributed by atoms with van der Waals surface area (Å²) < 4.78 is 7.61. The Morgan fingerprint density at radius 3 is 3.21 bits per heavy atom. The van der Waals surface area contributed by atoms with E-state index in [0.29, 0.717) is 6.04 Å². The van der Waals surface area contributed by atoms with E-state index in [1.54, 1.807) is 0 Å². The van der Waals surface area contributed by atoms with Crippen LogP contribution in [0, 0.1) is 5.92 Å². The van der Waals surface area contributed by atoms with Gasteiger partial charge in [-0.05, 0) is 25.3 Å². The fourth-order valence-electron chi connectivity index (χ4n) is 3.13. The third kappa shape index (κ3) is 2.99. The van der Waals surface area contributed by atoms with Crippen LogP contribution < -0.4 is 5.32 Å². The van der Waals surface area contributed by atoms with Crippen molar-refractivity contribution in [3.8, 4) is 0 Å². The van der Waals surface area contributed by atoms with Crippen molar-refractivity contribution in [2.75, 3.05) is 39.4 Å². The van der Waals surface area contributed by atoms with E-state index in [0.717, 1.165) is 45.3 Å². The lowest BCUT2D eigenvalue weighted by molar-refractivity contribution is 0.136. The second-order valence-corrected chi connectivity index (χ2v) is 5.67. The standard InChI is InChI=1S/C14H24N4O/c1-17-7-5-16-14(17)13-10-15-4-8-18(13)6-2-12-3-9-19-11-12/h5,7,12-13,15H,2-4,6,8-11H2,1H3. The van der Waals surface area contributed by atoms with Crippen molar-refractivity contribution in [2.45, 2.75) is 18.9 Å². The van der Waals surface area contributed by atoms with Crippen molar-refractivity contribution in [1.82, 2.24) is 19.8 Å². The van der Waals surface area contributed by atoms with Crippen LogP contribution >= 0.6 is 0 Å². The molecule has 2 atom stereocenters. The van der Waals surface area contributed by atoms with Gasteiger partial charge in [-0.2, -0.15) is 0 Å². The number of aryl methyl sites for hydroxylation is 1. The molecule has 1 aromatic heterocycles. The Morgan fingerprint density at radius 1 is 1.53 bits per heavy atom. The van der Waals surface area contributed by atoms with Gasteiger partial charge < -0.3 is 14.6 Å². The van der Waals surface area contributed by atoms with Crippen molar-refractivity contribution in [3.05, 3.63) is 18.2 Å². The van der Waals surface area contributed by atoms with Crippen molar-refractivity contribution >= 4 is 0 Å². The Labute approximate surface area is 114 Å². The first-order chi connectivity index (χ1) is 9.34. The van der Waals surface area contributed by atoms with Crippen LogP contribution in [0.1, 0.15) is 24.7 Å². The molecule has 0 amide bonds. The molecule has 0 bridgehead atoms. The highest BCUT2D eigenvalue weighted by Gasteiger charge is 2.27. The largest absolute Gasteiger partial charge is 0.381 e. The van der Waals surface area contributed by atoms with Crippen LogP contribution in [0.2, 0.25) is 0 Å². The number of piperazine rings is 1. The van der Waals surface area contributed by atoms with Gasteiger partial charge >= 0.3 is 0 Å². The maximum atomic E-state index is 5.47. The summed E-state index contributed by atoms with van der Waals surface area (Å²) in [7, 11) is 2.08. The van der Waals surface area contributed by atoms with Gasteiger partial charge in [-0.15, -0.1) is 0 Å². The van der Waals surface area contributed by atoms with Crippen molar-refractivity contribution in [3.63, 3.8) is 0 Å². The number of nitrogens with one attached hydrogen (secondary N) is 1. The van der Waals surface area contributed by atoms with Gasteiger partial charge in [0.2, 0.25) is 0 Å². The van der Waals surface area contributed by atoms with E-state index in [1.165, 1.54) is 18.7 Å². The van der Waals surface area contributed by atoms with E-state index < -0.39 is 0 Å². The minimum atomic E-state index is 0.413. The van der Waals surface area contributed by atoms with Crippen molar-refractivity contribution in [1.29, 1.82) is 0 Å². The van der Waals surface area contributed by atoms with E-state index in [2.05, 4.69) is 26.8 Å². The Bertz CT molecular complexity index is 400. The molecule has 0 spiro atoms. The van der Waals surface area contributed by atoms with Gasteiger partial charge in [0, 0.05) is 52.3 Å². The van der Waals surface area contributed by atoms with Gasteiger partial charge in [-0.25, -0.2) is 4.98 Å². The molecular formula is C14H24N4O. The zero-order valence-corrected chi connectivity index (χ0v) is 11.7. The first-order valence-electron chi connectivity index (χ1n) is 7.34. The molecule has 0 radical (unpaired) electrons. The van der Waals surface area contributed by atoms with E-state index in [1.807, 2.05) is 12.4 Å². The molecule has 2 saturated heterocycles. The summed E-state index contributed by atoms with van der Waals surface area (Å²) in [6.07, 6.45) is 6.42. The van der Waals surface area contributed by atoms with Crippen molar-refractivity contribution in [2.24, 2.45) is 13.0 Å². The second kappa shape index (κ2) is 6.03. The molecule has 1 aromatic rings. The molecule has 106 valence electrons. The molecular weight excluding hydrogens is 240 g/mol. The first-order valence-corrected chi connectivity index (χ1v) is 7.34. The van der Waals surface area contributed by atoms with Crippen molar-refractivity contribution < 1.29 is 4.74 Å². The Balaban J connectivity index is 1.62. The monoisotopic (exact) mass is 264 g/mol. The summed E-state index contributed by atoms with van der Waals surface area (Å²) >= 11 is 0. The molecule has 3 heterocycles. The summed E-state index contributed by atoms with van der Waals surface area (Å²) in [5, 5.41) is 3.49. The van der Waals surface area contributed by atoms with Gasteiger partial charge in [0.15, 0.2) is 0 Å². The number of hydrogen-bond donors (Lipinski definition) is 1. The predicted octanol–water partition coefficient (Wildman–Crippen LogP) is 0.793. The highest BCUT2D eigenvalue weighted by atomic mass is 16.5. The SMILES string of the molecule is Cn1ccnc1C1CNCCN1CCC1CCOC1. The van der Waals surface area contributed by atoms with Gasteiger partial charge in [-0.3, -0.25) is 4.90 Å². The van der Waals surface area contributed by atoms with Crippen LogP contribution in [0.25, 0.3) is 0 Å². The number of aromatic nitrogens is 2. The minimum absolute atomic E-state index is 0.413. The molecule has 1 N–H and O–H groups in total. The van der Waals surface area contributed by atoms with E-state index >= 15 is 0 Å². The molecule has 19 heavy (non-hydrogen) atoms. The second-order valence-electron chi connectivity index (χ2n) is 5.67. The molecule has 2 aliphatic heterocycles. The zero-order chi connectivity index (χ0) is 13.1. The van der Waals surface area contributed by atoms with Crippen LogP contribution in [0.3, 0.4) is 0 Å². The van der Waals surface area contributed by atoms with E-state index in [9.17, 15) is 0 Å². The summed E-state index contributed by atoms with van der Waals surface area (Å²) in [5.41, 5.74) is 0. The number of rotatable bonds is 4. The quantitative estimate of drug-likeness (QED) is 0.873. The smallest absolute Gasteiger partial charge is 0.127 e. The topological polar surface area (TPSA) is 42.3 Å². The third-order valence-electron chi connectivity index (χ3n) is 4.36. The molecule has 0 aliphatic carbocycles. The van der Waals surface area contributed by atoms with Gasteiger partial charge in [-0.1, -0.05) is 0 Å². The molecule has 0 saturated carbocycles. The molecule has 2 aliphatic rings. The average Bonchev–Trinajstić information content (AvgIpc) is 3.08. The normalized spacial score (nSPS) is 28.9. The molecule has 5 nitrogen and oxygen atoms in total.